The van der Waals surface area contributed by atoms with Crippen LogP contribution in [0.3, 0.4) is 0 Å². The Kier molecular flexibility index (Phi) is 5.10. The average molecular weight is 331 g/mol. The highest BCUT2D eigenvalue weighted by Crippen LogP contribution is 2.20. The standard InChI is InChI=1S/C20H21N5/c1-25(2)17-8-5-15(6-9-17)4-3-11-22-20-18-12-16(13-21)7-10-19(18)23-14-24-20/h5-10,12,14H,3-4,11H2,1-2H3,(H,22,23,24). The fourth-order valence-corrected chi connectivity index (χ4v) is 2.73. The van der Waals surface area contributed by atoms with Gasteiger partial charge in [0.2, 0.25) is 0 Å². The lowest BCUT2D eigenvalue weighted by Gasteiger charge is -2.13. The number of nitriles is 1. The molecule has 0 radical (unpaired) electrons. The van der Waals surface area contributed by atoms with Crippen LogP contribution in [0, 0.1) is 11.3 Å². The van der Waals surface area contributed by atoms with Crippen LogP contribution in [0.15, 0.2) is 48.8 Å². The molecule has 1 heterocycles. The summed E-state index contributed by atoms with van der Waals surface area (Å²) in [7, 11) is 4.09. The summed E-state index contributed by atoms with van der Waals surface area (Å²) in [5.74, 6) is 0.782. The molecule has 0 saturated heterocycles. The molecule has 0 aliphatic rings. The number of anilines is 2. The van der Waals surface area contributed by atoms with E-state index in [0.717, 1.165) is 36.1 Å². The quantitative estimate of drug-likeness (QED) is 0.699. The first kappa shape index (κ1) is 16.7. The van der Waals surface area contributed by atoms with Crippen molar-refractivity contribution in [3.63, 3.8) is 0 Å². The van der Waals surface area contributed by atoms with Gasteiger partial charge in [-0.1, -0.05) is 12.1 Å². The van der Waals surface area contributed by atoms with Gasteiger partial charge < -0.3 is 10.2 Å². The van der Waals surface area contributed by atoms with Gasteiger partial charge in [0.25, 0.3) is 0 Å². The number of aryl methyl sites for hydroxylation is 1. The predicted molar refractivity (Wildman–Crippen MR) is 102 cm³/mol. The first-order valence-electron chi connectivity index (χ1n) is 8.32. The summed E-state index contributed by atoms with van der Waals surface area (Å²) < 4.78 is 0. The highest BCUT2D eigenvalue weighted by atomic mass is 15.1. The number of hydrogen-bond acceptors (Lipinski definition) is 5. The Morgan fingerprint density at radius 2 is 1.88 bits per heavy atom. The summed E-state index contributed by atoms with van der Waals surface area (Å²) in [6, 6.07) is 16.3. The highest BCUT2D eigenvalue weighted by Gasteiger charge is 2.04. The summed E-state index contributed by atoms with van der Waals surface area (Å²) in [6.45, 7) is 0.818. The van der Waals surface area contributed by atoms with E-state index < -0.39 is 0 Å². The van der Waals surface area contributed by atoms with Crippen molar-refractivity contribution < 1.29 is 0 Å². The lowest BCUT2D eigenvalue weighted by molar-refractivity contribution is 0.859. The molecular weight excluding hydrogens is 310 g/mol. The van der Waals surface area contributed by atoms with E-state index in [1.165, 1.54) is 11.3 Å². The molecule has 1 N–H and O–H groups in total. The molecule has 0 fully saturated rings. The molecule has 0 spiro atoms. The van der Waals surface area contributed by atoms with Crippen molar-refractivity contribution in [1.29, 1.82) is 5.26 Å². The summed E-state index contributed by atoms with van der Waals surface area (Å²) >= 11 is 0. The molecule has 25 heavy (non-hydrogen) atoms. The maximum atomic E-state index is 9.07. The van der Waals surface area contributed by atoms with E-state index in [4.69, 9.17) is 5.26 Å². The summed E-state index contributed by atoms with van der Waals surface area (Å²) in [5.41, 5.74) is 4.00. The molecule has 3 aromatic rings. The summed E-state index contributed by atoms with van der Waals surface area (Å²) in [5, 5.41) is 13.3. The Bertz CT molecular complexity index is 894. The second-order valence-electron chi connectivity index (χ2n) is 6.16. The second-order valence-corrected chi connectivity index (χ2v) is 6.16. The van der Waals surface area contributed by atoms with E-state index >= 15 is 0 Å². The fraction of sp³-hybridized carbons (Fsp3) is 0.250. The van der Waals surface area contributed by atoms with Gasteiger partial charge in [0, 0.05) is 31.7 Å². The normalized spacial score (nSPS) is 10.4. The molecule has 2 aromatic carbocycles. The lowest BCUT2D eigenvalue weighted by Crippen LogP contribution is -2.08. The zero-order chi connectivity index (χ0) is 17.6. The van der Waals surface area contributed by atoms with Gasteiger partial charge in [0.15, 0.2) is 0 Å². The number of aromatic nitrogens is 2. The molecule has 0 bridgehead atoms. The third kappa shape index (κ3) is 4.04. The third-order valence-corrected chi connectivity index (χ3v) is 4.15. The van der Waals surface area contributed by atoms with Crippen LogP contribution in [-0.2, 0) is 6.42 Å². The monoisotopic (exact) mass is 331 g/mol. The predicted octanol–water partition coefficient (Wildman–Crippen LogP) is 3.61. The van der Waals surface area contributed by atoms with E-state index in [1.54, 1.807) is 12.4 Å². The number of benzene rings is 2. The maximum absolute atomic E-state index is 9.07. The van der Waals surface area contributed by atoms with Gasteiger partial charge in [0.05, 0.1) is 17.1 Å². The van der Waals surface area contributed by atoms with Crippen molar-refractivity contribution >= 4 is 22.4 Å². The van der Waals surface area contributed by atoms with Gasteiger partial charge >= 0.3 is 0 Å². The van der Waals surface area contributed by atoms with Crippen molar-refractivity contribution in [1.82, 2.24) is 9.97 Å². The van der Waals surface area contributed by atoms with Crippen LogP contribution in [0.2, 0.25) is 0 Å². The number of nitrogens with one attached hydrogen (secondary N) is 1. The van der Waals surface area contributed by atoms with Crippen molar-refractivity contribution in [3.8, 4) is 6.07 Å². The Labute approximate surface area is 148 Å². The van der Waals surface area contributed by atoms with Gasteiger partial charge in [-0.25, -0.2) is 9.97 Å². The minimum Gasteiger partial charge on any atom is -0.378 e. The topological polar surface area (TPSA) is 64.8 Å². The molecule has 5 nitrogen and oxygen atoms in total. The Morgan fingerprint density at radius 3 is 2.60 bits per heavy atom. The fourth-order valence-electron chi connectivity index (χ4n) is 2.73. The van der Waals surface area contributed by atoms with E-state index in [-0.39, 0.29) is 0 Å². The number of rotatable bonds is 6. The van der Waals surface area contributed by atoms with Gasteiger partial charge in [-0.2, -0.15) is 5.26 Å². The van der Waals surface area contributed by atoms with E-state index in [9.17, 15) is 0 Å². The molecule has 0 atom stereocenters. The zero-order valence-corrected chi connectivity index (χ0v) is 14.5. The van der Waals surface area contributed by atoms with Crippen LogP contribution >= 0.6 is 0 Å². The SMILES string of the molecule is CN(C)c1ccc(CCCNc2ncnc3ccc(C#N)cc23)cc1. The molecule has 0 aliphatic carbocycles. The van der Waals surface area contributed by atoms with Crippen LogP contribution in [0.4, 0.5) is 11.5 Å². The van der Waals surface area contributed by atoms with Crippen LogP contribution in [-0.4, -0.2) is 30.6 Å². The van der Waals surface area contributed by atoms with Crippen LogP contribution in [0.1, 0.15) is 17.5 Å². The Balaban J connectivity index is 1.60. The van der Waals surface area contributed by atoms with Crippen molar-refractivity contribution in [3.05, 3.63) is 59.9 Å². The third-order valence-electron chi connectivity index (χ3n) is 4.15. The molecular formula is C20H21N5. The average Bonchev–Trinajstić information content (AvgIpc) is 2.65. The number of hydrogen-bond donors (Lipinski definition) is 1. The summed E-state index contributed by atoms with van der Waals surface area (Å²) in [6.07, 6.45) is 3.56. The van der Waals surface area contributed by atoms with E-state index in [0.29, 0.717) is 5.56 Å². The number of nitrogens with zero attached hydrogens (tertiary/aromatic N) is 4. The molecule has 5 heteroatoms. The lowest BCUT2D eigenvalue weighted by atomic mass is 10.1. The smallest absolute Gasteiger partial charge is 0.137 e. The Hall–Kier alpha value is -3.13. The first-order valence-corrected chi connectivity index (χ1v) is 8.32. The Morgan fingerprint density at radius 1 is 1.08 bits per heavy atom. The molecule has 0 unspecified atom stereocenters. The van der Waals surface area contributed by atoms with Gasteiger partial charge in [-0.3, -0.25) is 0 Å². The van der Waals surface area contributed by atoms with Crippen molar-refractivity contribution in [2.75, 3.05) is 30.9 Å². The van der Waals surface area contributed by atoms with Crippen molar-refractivity contribution in [2.45, 2.75) is 12.8 Å². The minimum absolute atomic E-state index is 0.617. The molecule has 0 amide bonds. The highest BCUT2D eigenvalue weighted by molar-refractivity contribution is 5.89. The molecule has 126 valence electrons. The van der Waals surface area contributed by atoms with Gasteiger partial charge in [0.1, 0.15) is 12.1 Å². The van der Waals surface area contributed by atoms with Crippen LogP contribution in [0.5, 0.6) is 0 Å². The molecule has 0 saturated carbocycles. The first-order chi connectivity index (χ1) is 12.2. The number of fused-ring (bicyclic) bond motifs is 1. The zero-order valence-electron chi connectivity index (χ0n) is 14.5. The minimum atomic E-state index is 0.617. The van der Waals surface area contributed by atoms with E-state index in [2.05, 4.69) is 50.5 Å². The molecule has 0 aliphatic heterocycles. The van der Waals surface area contributed by atoms with Gasteiger partial charge in [-0.15, -0.1) is 0 Å². The van der Waals surface area contributed by atoms with Crippen molar-refractivity contribution in [2.24, 2.45) is 0 Å². The van der Waals surface area contributed by atoms with Gasteiger partial charge in [-0.05, 0) is 48.7 Å². The largest absolute Gasteiger partial charge is 0.378 e. The second kappa shape index (κ2) is 7.63. The van der Waals surface area contributed by atoms with Crippen LogP contribution < -0.4 is 10.2 Å². The maximum Gasteiger partial charge on any atom is 0.137 e. The van der Waals surface area contributed by atoms with E-state index in [1.807, 2.05) is 26.2 Å². The summed E-state index contributed by atoms with van der Waals surface area (Å²) in [4.78, 5) is 10.7. The molecule has 1 aromatic heterocycles. The molecule has 3 rings (SSSR count). The van der Waals surface area contributed by atoms with Crippen LogP contribution in [0.25, 0.3) is 10.9 Å².